The first-order valence-electron chi connectivity index (χ1n) is 6.00. The SMILES string of the molecule is O=C1CCC(N2C(=O)c3ccc([18F])cc3C2=O)C(=O)N1. The van der Waals surface area contributed by atoms with E-state index in [2.05, 4.69) is 5.32 Å². The number of nitrogens with zero attached hydrogens (tertiary/aromatic N) is 1. The molecule has 1 aromatic carbocycles. The Bertz CT molecular complexity index is 670. The summed E-state index contributed by atoms with van der Waals surface area (Å²) in [4.78, 5) is 48.0. The Hall–Kier alpha value is -2.57. The van der Waals surface area contributed by atoms with Crippen LogP contribution in [0.3, 0.4) is 0 Å². The van der Waals surface area contributed by atoms with Crippen molar-refractivity contribution in [3.8, 4) is 0 Å². The second-order valence-electron chi connectivity index (χ2n) is 4.64. The van der Waals surface area contributed by atoms with Gasteiger partial charge in [-0.2, -0.15) is 0 Å². The zero-order valence-electron chi connectivity index (χ0n) is 10.2. The van der Waals surface area contributed by atoms with Crippen LogP contribution in [0.2, 0.25) is 0 Å². The molecule has 0 spiro atoms. The number of imide groups is 2. The maximum Gasteiger partial charge on any atom is 0.262 e. The lowest BCUT2D eigenvalue weighted by Gasteiger charge is -2.27. The van der Waals surface area contributed by atoms with Gasteiger partial charge in [0.25, 0.3) is 11.8 Å². The third-order valence-corrected chi connectivity index (χ3v) is 3.40. The van der Waals surface area contributed by atoms with Gasteiger partial charge >= 0.3 is 0 Å². The maximum atomic E-state index is 13.2. The molecule has 7 heteroatoms. The van der Waals surface area contributed by atoms with Gasteiger partial charge in [0, 0.05) is 6.42 Å². The standard InChI is InChI=1S/C13H9FN2O4/c14-6-1-2-7-8(5-6)13(20)16(12(7)19)9-3-4-10(17)15-11(9)18/h1-2,5,9H,3-4H2,(H,15,17,18)/i14-1. The highest BCUT2D eigenvalue weighted by Gasteiger charge is 2.44. The summed E-state index contributed by atoms with van der Waals surface area (Å²) in [6.07, 6.45) is 0.136. The molecule has 3 rings (SSSR count). The second-order valence-corrected chi connectivity index (χ2v) is 4.64. The number of fused-ring (bicyclic) bond motifs is 1. The van der Waals surface area contributed by atoms with Gasteiger partial charge in [-0.05, 0) is 24.6 Å². The lowest BCUT2D eigenvalue weighted by molar-refractivity contribution is -0.136. The van der Waals surface area contributed by atoms with Gasteiger partial charge in [-0.3, -0.25) is 29.4 Å². The van der Waals surface area contributed by atoms with Gasteiger partial charge in [-0.1, -0.05) is 0 Å². The van der Waals surface area contributed by atoms with Crippen LogP contribution in [-0.4, -0.2) is 34.6 Å². The number of carbonyl (C=O) groups is 4. The van der Waals surface area contributed by atoms with Crippen LogP contribution in [0.15, 0.2) is 18.2 Å². The number of nitrogens with one attached hydrogen (secondary N) is 1. The number of amides is 4. The first-order chi connectivity index (χ1) is 9.49. The van der Waals surface area contributed by atoms with Crippen molar-refractivity contribution >= 4 is 23.6 Å². The number of carbonyl (C=O) groups excluding carboxylic acids is 4. The van der Waals surface area contributed by atoms with E-state index in [9.17, 15) is 23.6 Å². The lowest BCUT2D eigenvalue weighted by atomic mass is 10.0. The molecule has 0 aromatic heterocycles. The van der Waals surface area contributed by atoms with Gasteiger partial charge in [-0.25, -0.2) is 4.39 Å². The van der Waals surface area contributed by atoms with Crippen molar-refractivity contribution in [2.24, 2.45) is 0 Å². The number of hydrogen-bond donors (Lipinski definition) is 1. The monoisotopic (exact) mass is 275 g/mol. The van der Waals surface area contributed by atoms with Crippen LogP contribution in [-0.2, 0) is 9.59 Å². The molecule has 1 atom stereocenters. The molecule has 1 unspecified atom stereocenters. The summed E-state index contributed by atoms with van der Waals surface area (Å²) in [6.45, 7) is 0. The Morgan fingerprint density at radius 1 is 1.10 bits per heavy atom. The average molecular weight is 275 g/mol. The van der Waals surface area contributed by atoms with E-state index in [-0.39, 0.29) is 24.0 Å². The summed E-state index contributed by atoms with van der Waals surface area (Å²) in [5.74, 6) is -3.10. The predicted molar refractivity (Wildman–Crippen MR) is 63.1 cm³/mol. The minimum absolute atomic E-state index is 0.0537. The first-order valence-corrected chi connectivity index (χ1v) is 6.00. The largest absolute Gasteiger partial charge is 0.295 e. The summed E-state index contributed by atoms with van der Waals surface area (Å²) < 4.78 is 13.2. The lowest BCUT2D eigenvalue weighted by Crippen LogP contribution is -2.54. The molecule has 2 heterocycles. The van der Waals surface area contributed by atoms with Crippen molar-refractivity contribution < 1.29 is 23.6 Å². The van der Waals surface area contributed by atoms with Gasteiger partial charge in [0.1, 0.15) is 11.9 Å². The summed E-state index contributed by atoms with van der Waals surface area (Å²) in [5.41, 5.74) is 0.0146. The quantitative estimate of drug-likeness (QED) is 0.743. The van der Waals surface area contributed by atoms with Crippen molar-refractivity contribution in [1.82, 2.24) is 10.2 Å². The van der Waals surface area contributed by atoms with Crippen LogP contribution in [0.5, 0.6) is 0 Å². The average Bonchev–Trinajstić information content (AvgIpc) is 2.63. The van der Waals surface area contributed by atoms with Gasteiger partial charge in [-0.15, -0.1) is 0 Å². The van der Waals surface area contributed by atoms with Crippen molar-refractivity contribution in [1.29, 1.82) is 0 Å². The van der Waals surface area contributed by atoms with Crippen molar-refractivity contribution in [2.45, 2.75) is 18.9 Å². The molecule has 1 saturated heterocycles. The van der Waals surface area contributed by atoms with E-state index in [0.717, 1.165) is 17.0 Å². The molecular formula is C13H9FN2O4. The Labute approximate surface area is 112 Å². The van der Waals surface area contributed by atoms with Crippen LogP contribution >= 0.6 is 0 Å². The number of benzene rings is 1. The van der Waals surface area contributed by atoms with Crippen molar-refractivity contribution in [2.75, 3.05) is 0 Å². The number of rotatable bonds is 1. The van der Waals surface area contributed by atoms with E-state index in [4.69, 9.17) is 0 Å². The fraction of sp³-hybridized carbons (Fsp3) is 0.231. The third kappa shape index (κ3) is 1.70. The van der Waals surface area contributed by atoms with Crippen LogP contribution < -0.4 is 5.32 Å². The molecule has 1 fully saturated rings. The predicted octanol–water partition coefficient (Wildman–Crippen LogP) is 0.227. The molecule has 1 N–H and O–H groups in total. The molecule has 1 aromatic rings. The third-order valence-electron chi connectivity index (χ3n) is 3.40. The minimum atomic E-state index is -1.02. The fourth-order valence-electron chi connectivity index (χ4n) is 2.44. The zero-order valence-corrected chi connectivity index (χ0v) is 10.2. The molecule has 6 nitrogen and oxygen atoms in total. The molecule has 20 heavy (non-hydrogen) atoms. The Balaban J connectivity index is 1.97. The Morgan fingerprint density at radius 2 is 1.80 bits per heavy atom. The van der Waals surface area contributed by atoms with Crippen LogP contribution in [0.1, 0.15) is 33.6 Å². The van der Waals surface area contributed by atoms with Crippen molar-refractivity contribution in [3.05, 3.63) is 35.1 Å². The smallest absolute Gasteiger partial charge is 0.262 e. The molecule has 4 amide bonds. The molecule has 0 bridgehead atoms. The van der Waals surface area contributed by atoms with E-state index in [1.54, 1.807) is 0 Å². The molecule has 0 radical (unpaired) electrons. The normalized spacial score (nSPS) is 22.1. The van der Waals surface area contributed by atoms with E-state index in [0.29, 0.717) is 0 Å². The number of piperidine rings is 1. The Morgan fingerprint density at radius 3 is 2.50 bits per heavy atom. The van der Waals surface area contributed by atoms with Gasteiger partial charge in [0.15, 0.2) is 0 Å². The van der Waals surface area contributed by atoms with E-state index in [1.807, 2.05) is 0 Å². The highest BCUT2D eigenvalue weighted by molar-refractivity contribution is 6.23. The summed E-state index contributed by atoms with van der Waals surface area (Å²) in [5, 5.41) is 2.09. The molecule has 0 saturated carbocycles. The minimum Gasteiger partial charge on any atom is -0.295 e. The topological polar surface area (TPSA) is 83.6 Å². The molecule has 102 valence electrons. The summed E-state index contributed by atoms with van der Waals surface area (Å²) in [7, 11) is 0. The first kappa shape index (κ1) is 12.5. The molecule has 0 aliphatic carbocycles. The number of halogens is 1. The van der Waals surface area contributed by atoms with Crippen LogP contribution in [0.4, 0.5) is 4.39 Å². The van der Waals surface area contributed by atoms with Gasteiger partial charge < -0.3 is 0 Å². The van der Waals surface area contributed by atoms with E-state index >= 15 is 0 Å². The maximum absolute atomic E-state index is 13.2. The zero-order chi connectivity index (χ0) is 14.4. The number of hydrogen-bond acceptors (Lipinski definition) is 4. The van der Waals surface area contributed by atoms with E-state index in [1.165, 1.54) is 6.07 Å². The van der Waals surface area contributed by atoms with Crippen LogP contribution in [0, 0.1) is 5.82 Å². The highest BCUT2D eigenvalue weighted by atomic mass is 18.2. The molecule has 2 aliphatic rings. The van der Waals surface area contributed by atoms with Crippen molar-refractivity contribution in [3.63, 3.8) is 0 Å². The Kier molecular flexibility index (Phi) is 2.63. The summed E-state index contributed by atoms with van der Waals surface area (Å²) >= 11 is 0. The van der Waals surface area contributed by atoms with Gasteiger partial charge in [0.2, 0.25) is 11.8 Å². The van der Waals surface area contributed by atoms with Crippen LogP contribution in [0.25, 0.3) is 0 Å². The van der Waals surface area contributed by atoms with Gasteiger partial charge in [0.05, 0.1) is 11.1 Å². The second kappa shape index (κ2) is 4.22. The summed E-state index contributed by atoms with van der Waals surface area (Å²) in [6, 6.07) is 2.25. The molecular weight excluding hydrogens is 266 g/mol. The fourth-order valence-corrected chi connectivity index (χ4v) is 2.44. The van der Waals surface area contributed by atoms with E-state index < -0.39 is 35.5 Å². The highest BCUT2D eigenvalue weighted by Crippen LogP contribution is 2.27. The molecule has 2 aliphatic heterocycles.